The Balaban J connectivity index is 1.73. The number of para-hydroxylation sites is 1. The van der Waals surface area contributed by atoms with Gasteiger partial charge in [-0.05, 0) is 43.4 Å². The van der Waals surface area contributed by atoms with Crippen LogP contribution in [-0.2, 0) is 5.41 Å². The molecule has 0 atom stereocenters. The lowest BCUT2D eigenvalue weighted by atomic mass is 9.68. The van der Waals surface area contributed by atoms with Crippen molar-refractivity contribution in [1.29, 1.82) is 5.26 Å². The number of nitrogens with one attached hydrogen (secondary N) is 4. The Bertz CT molecular complexity index is 962. The van der Waals surface area contributed by atoms with Crippen molar-refractivity contribution in [2.75, 3.05) is 20.7 Å². The standard InChI is InChI=1S/C24H30N6O2/c1-26-30-23(28-17-25)29-19-12-14-24(15-13-19,18-8-4-3-5-9-18)16-27-22(31)20-10-6-7-11-21(20)32-2/h3-11,19,26H,12-16H2,1-2H3,(H,27,31)(H2,28,29,30)/t19-,24-. The summed E-state index contributed by atoms with van der Waals surface area (Å²) < 4.78 is 5.34. The lowest BCUT2D eigenvalue weighted by molar-refractivity contribution is 0.0932. The number of hydrogen-bond donors (Lipinski definition) is 4. The first-order chi connectivity index (χ1) is 15.6. The molecule has 0 radical (unpaired) electrons. The average Bonchev–Trinajstić information content (AvgIpc) is 2.84. The Morgan fingerprint density at radius 2 is 1.84 bits per heavy atom. The molecule has 0 bridgehead atoms. The third-order valence-corrected chi connectivity index (χ3v) is 6.01. The molecule has 0 saturated heterocycles. The molecule has 168 valence electrons. The molecule has 2 aromatic rings. The molecular formula is C24H30N6O2. The molecule has 1 aliphatic rings. The average molecular weight is 435 g/mol. The first-order valence-electron chi connectivity index (χ1n) is 10.7. The van der Waals surface area contributed by atoms with Crippen molar-refractivity contribution in [3.63, 3.8) is 0 Å². The molecule has 0 aromatic heterocycles. The van der Waals surface area contributed by atoms with Gasteiger partial charge in [-0.25, -0.2) is 5.43 Å². The first kappa shape index (κ1) is 23.1. The maximum absolute atomic E-state index is 12.9. The fourth-order valence-electron chi connectivity index (χ4n) is 4.31. The predicted molar refractivity (Wildman–Crippen MR) is 124 cm³/mol. The van der Waals surface area contributed by atoms with Crippen LogP contribution in [0.25, 0.3) is 0 Å². The fraction of sp³-hybridized carbons (Fsp3) is 0.375. The molecule has 0 aliphatic heterocycles. The Morgan fingerprint density at radius 3 is 2.50 bits per heavy atom. The molecule has 4 N–H and O–H groups in total. The Morgan fingerprint density at radius 1 is 1.16 bits per heavy atom. The normalized spacial score (nSPS) is 20.7. The second-order valence-electron chi connectivity index (χ2n) is 7.88. The summed E-state index contributed by atoms with van der Waals surface area (Å²) in [6, 6.07) is 17.8. The van der Waals surface area contributed by atoms with Crippen LogP contribution in [0.4, 0.5) is 0 Å². The van der Waals surface area contributed by atoms with Gasteiger partial charge in [0.1, 0.15) is 5.75 Å². The van der Waals surface area contributed by atoms with E-state index >= 15 is 0 Å². The molecule has 0 unspecified atom stereocenters. The minimum atomic E-state index is -0.167. The molecule has 32 heavy (non-hydrogen) atoms. The number of ether oxygens (including phenoxy) is 1. The smallest absolute Gasteiger partial charge is 0.255 e. The van der Waals surface area contributed by atoms with E-state index in [9.17, 15) is 4.79 Å². The maximum Gasteiger partial charge on any atom is 0.255 e. The maximum atomic E-state index is 12.9. The molecule has 0 spiro atoms. The molecular weight excluding hydrogens is 404 g/mol. The summed E-state index contributed by atoms with van der Waals surface area (Å²) >= 11 is 0. The summed E-state index contributed by atoms with van der Waals surface area (Å²) in [5.74, 6) is 0.837. The first-order valence-corrected chi connectivity index (χ1v) is 10.7. The molecule has 8 nitrogen and oxygen atoms in total. The van der Waals surface area contributed by atoms with Crippen molar-refractivity contribution in [2.45, 2.75) is 37.1 Å². The number of carbonyl (C=O) groups excluding carboxylic acids is 1. The lowest BCUT2D eigenvalue weighted by Crippen LogP contribution is -2.51. The van der Waals surface area contributed by atoms with E-state index < -0.39 is 0 Å². The number of methoxy groups -OCH3 is 1. The van der Waals surface area contributed by atoms with Gasteiger partial charge in [0.15, 0.2) is 0 Å². The molecule has 1 amide bonds. The van der Waals surface area contributed by atoms with Gasteiger partial charge in [0.25, 0.3) is 5.91 Å². The minimum absolute atomic E-state index is 0.139. The summed E-state index contributed by atoms with van der Waals surface area (Å²) in [7, 11) is 3.29. The van der Waals surface area contributed by atoms with E-state index in [0.29, 0.717) is 23.8 Å². The fourth-order valence-corrected chi connectivity index (χ4v) is 4.31. The zero-order valence-corrected chi connectivity index (χ0v) is 18.5. The number of guanidine groups is 1. The number of amides is 1. The van der Waals surface area contributed by atoms with Crippen LogP contribution in [0.5, 0.6) is 5.75 Å². The summed E-state index contributed by atoms with van der Waals surface area (Å²) in [6.07, 6.45) is 5.35. The van der Waals surface area contributed by atoms with E-state index in [-0.39, 0.29) is 17.4 Å². The molecule has 2 aromatic carbocycles. The summed E-state index contributed by atoms with van der Waals surface area (Å²) in [4.78, 5) is 16.7. The van der Waals surface area contributed by atoms with Crippen LogP contribution in [0.1, 0.15) is 41.6 Å². The SMILES string of the molecule is CNN/C(=N/C#N)N[C@H]1CC[C@](CNC(=O)c2ccccc2OC)(c2ccccc2)CC1. The van der Waals surface area contributed by atoms with Crippen LogP contribution in [0, 0.1) is 11.5 Å². The summed E-state index contributed by atoms with van der Waals surface area (Å²) in [5, 5.41) is 15.3. The highest BCUT2D eigenvalue weighted by Gasteiger charge is 2.37. The Labute approximate surface area is 189 Å². The van der Waals surface area contributed by atoms with Crippen LogP contribution in [0.15, 0.2) is 59.6 Å². The van der Waals surface area contributed by atoms with Crippen molar-refractivity contribution in [3.8, 4) is 11.9 Å². The predicted octanol–water partition coefficient (Wildman–Crippen LogP) is 2.46. The second-order valence-corrected chi connectivity index (χ2v) is 7.88. The highest BCUT2D eigenvalue weighted by atomic mass is 16.5. The zero-order valence-electron chi connectivity index (χ0n) is 18.5. The van der Waals surface area contributed by atoms with E-state index in [1.54, 1.807) is 26.3 Å². The van der Waals surface area contributed by atoms with Gasteiger partial charge in [-0.3, -0.25) is 10.2 Å². The van der Waals surface area contributed by atoms with E-state index in [1.807, 2.05) is 36.5 Å². The highest BCUT2D eigenvalue weighted by Crippen LogP contribution is 2.39. The van der Waals surface area contributed by atoms with Crippen LogP contribution >= 0.6 is 0 Å². The molecule has 1 aliphatic carbocycles. The van der Waals surface area contributed by atoms with Gasteiger partial charge in [-0.15, -0.1) is 4.99 Å². The number of aliphatic imine (C=N–C) groups is 1. The van der Waals surface area contributed by atoms with Gasteiger partial charge < -0.3 is 15.4 Å². The number of hydrogen-bond acceptors (Lipinski definition) is 5. The third kappa shape index (κ3) is 5.56. The van der Waals surface area contributed by atoms with E-state index in [1.165, 1.54) is 5.56 Å². The van der Waals surface area contributed by atoms with Gasteiger partial charge in [-0.2, -0.15) is 5.26 Å². The van der Waals surface area contributed by atoms with Gasteiger partial charge in [-0.1, -0.05) is 42.5 Å². The number of benzene rings is 2. The van der Waals surface area contributed by atoms with E-state index in [0.717, 1.165) is 25.7 Å². The van der Waals surface area contributed by atoms with Gasteiger partial charge in [0.05, 0.1) is 12.7 Å². The summed E-state index contributed by atoms with van der Waals surface area (Å²) in [6.45, 7) is 0.536. The number of hydrazine groups is 1. The monoisotopic (exact) mass is 434 g/mol. The topological polar surface area (TPSA) is 111 Å². The number of carbonyl (C=O) groups is 1. The van der Waals surface area contributed by atoms with Gasteiger partial charge in [0, 0.05) is 25.0 Å². The minimum Gasteiger partial charge on any atom is -0.496 e. The van der Waals surface area contributed by atoms with E-state index in [2.05, 4.69) is 38.6 Å². The zero-order chi connectivity index (χ0) is 22.8. The third-order valence-electron chi connectivity index (χ3n) is 6.01. The van der Waals surface area contributed by atoms with E-state index in [4.69, 9.17) is 10.00 Å². The number of nitrogens with zero attached hydrogens (tertiary/aromatic N) is 2. The molecule has 1 saturated carbocycles. The number of rotatable bonds is 7. The lowest BCUT2D eigenvalue weighted by Gasteiger charge is -2.41. The van der Waals surface area contributed by atoms with Crippen molar-refractivity contribution < 1.29 is 9.53 Å². The molecule has 1 fully saturated rings. The van der Waals surface area contributed by atoms with Crippen molar-refractivity contribution >= 4 is 11.9 Å². The second kappa shape index (κ2) is 11.2. The Hall–Kier alpha value is -3.57. The number of nitriles is 1. The summed E-state index contributed by atoms with van der Waals surface area (Å²) in [5.41, 5.74) is 7.23. The van der Waals surface area contributed by atoms with Crippen molar-refractivity contribution in [1.82, 2.24) is 21.5 Å². The van der Waals surface area contributed by atoms with Crippen molar-refractivity contribution in [3.05, 3.63) is 65.7 Å². The highest BCUT2D eigenvalue weighted by molar-refractivity contribution is 5.97. The molecule has 0 heterocycles. The quantitative estimate of drug-likeness (QED) is 0.231. The van der Waals surface area contributed by atoms with Crippen LogP contribution < -0.4 is 26.2 Å². The van der Waals surface area contributed by atoms with Crippen LogP contribution in [0.2, 0.25) is 0 Å². The van der Waals surface area contributed by atoms with Crippen molar-refractivity contribution in [2.24, 2.45) is 4.99 Å². The van der Waals surface area contributed by atoms with Crippen LogP contribution in [0.3, 0.4) is 0 Å². The van der Waals surface area contributed by atoms with Crippen LogP contribution in [-0.4, -0.2) is 38.6 Å². The Kier molecular flexibility index (Phi) is 8.06. The molecule has 8 heteroatoms. The molecule has 3 rings (SSSR count). The van der Waals surface area contributed by atoms with Gasteiger partial charge >= 0.3 is 0 Å². The largest absolute Gasteiger partial charge is 0.496 e. The van der Waals surface area contributed by atoms with Gasteiger partial charge in [0.2, 0.25) is 12.2 Å².